The highest BCUT2D eigenvalue weighted by molar-refractivity contribution is 7.99. The Bertz CT molecular complexity index is 811. The second kappa shape index (κ2) is 6.93. The van der Waals surface area contributed by atoms with E-state index in [1.165, 1.54) is 23.1 Å². The Kier molecular flexibility index (Phi) is 4.73. The molecule has 118 valence electrons. The first-order valence-corrected chi connectivity index (χ1v) is 8.72. The summed E-state index contributed by atoms with van der Waals surface area (Å²) in [6.45, 7) is 3.90. The van der Waals surface area contributed by atoms with Gasteiger partial charge in [-0.2, -0.15) is 0 Å². The molecule has 0 bridgehead atoms. The summed E-state index contributed by atoms with van der Waals surface area (Å²) >= 11 is 2.60. The van der Waals surface area contributed by atoms with Gasteiger partial charge in [0, 0.05) is 10.9 Å². The minimum atomic E-state index is -0.153. The molecule has 0 radical (unpaired) electrons. The topological polar surface area (TPSA) is 80.9 Å². The number of thiazole rings is 1. The van der Waals surface area contributed by atoms with Gasteiger partial charge in [-0.15, -0.1) is 21.5 Å². The number of carbonyl (C=O) groups is 1. The van der Waals surface area contributed by atoms with Gasteiger partial charge in [0.25, 0.3) is 5.22 Å². The molecule has 0 atom stereocenters. The van der Waals surface area contributed by atoms with Crippen molar-refractivity contribution in [2.75, 3.05) is 11.1 Å². The van der Waals surface area contributed by atoms with E-state index in [2.05, 4.69) is 20.5 Å². The summed E-state index contributed by atoms with van der Waals surface area (Å²) in [7, 11) is 0. The lowest BCUT2D eigenvalue weighted by Crippen LogP contribution is -2.13. The molecule has 0 fully saturated rings. The summed E-state index contributed by atoms with van der Waals surface area (Å²) in [6.07, 6.45) is 0. The largest absolute Gasteiger partial charge is 0.411 e. The van der Waals surface area contributed by atoms with E-state index in [9.17, 15) is 4.79 Å². The Labute approximate surface area is 141 Å². The number of nitrogens with zero attached hydrogens (tertiary/aromatic N) is 3. The van der Waals surface area contributed by atoms with Gasteiger partial charge in [-0.3, -0.25) is 4.79 Å². The second-order valence-corrected chi connectivity index (χ2v) is 6.65. The smallest absolute Gasteiger partial charge is 0.277 e. The van der Waals surface area contributed by atoms with Gasteiger partial charge in [0.05, 0.1) is 11.4 Å². The fourth-order valence-corrected chi connectivity index (χ4v) is 3.04. The highest BCUT2D eigenvalue weighted by atomic mass is 32.2. The zero-order valence-electron chi connectivity index (χ0n) is 12.6. The average molecular weight is 346 g/mol. The summed E-state index contributed by atoms with van der Waals surface area (Å²) < 4.78 is 5.56. The van der Waals surface area contributed by atoms with Gasteiger partial charge in [-0.05, 0) is 26.0 Å². The number of thioether (sulfide) groups is 1. The summed E-state index contributed by atoms with van der Waals surface area (Å²) in [5.41, 5.74) is 2.91. The molecule has 0 aliphatic rings. The van der Waals surface area contributed by atoms with Crippen molar-refractivity contribution in [1.29, 1.82) is 0 Å². The standard InChI is InChI=1S/C15H14N4O2S2/c1-9-3-5-11(6-4-9)13-18-19-15(21-13)23-8-12(20)17-14-16-10(2)7-22-14/h3-7H,8H2,1-2H3,(H,16,17,20). The van der Waals surface area contributed by atoms with Crippen molar-refractivity contribution in [3.63, 3.8) is 0 Å². The van der Waals surface area contributed by atoms with E-state index in [4.69, 9.17) is 4.42 Å². The maximum absolute atomic E-state index is 11.9. The number of aromatic nitrogens is 3. The molecule has 2 aromatic heterocycles. The third kappa shape index (κ3) is 4.17. The molecular weight excluding hydrogens is 332 g/mol. The molecule has 0 aliphatic carbocycles. The molecule has 0 spiro atoms. The van der Waals surface area contributed by atoms with Crippen molar-refractivity contribution in [2.45, 2.75) is 19.1 Å². The number of anilines is 1. The van der Waals surface area contributed by atoms with Crippen molar-refractivity contribution >= 4 is 34.1 Å². The minimum absolute atomic E-state index is 0.153. The fraction of sp³-hybridized carbons (Fsp3) is 0.200. The molecule has 0 aliphatic heterocycles. The first-order chi connectivity index (χ1) is 11.1. The molecule has 0 saturated carbocycles. The first kappa shape index (κ1) is 15.7. The van der Waals surface area contributed by atoms with Crippen molar-refractivity contribution in [3.8, 4) is 11.5 Å². The van der Waals surface area contributed by atoms with Crippen LogP contribution in [0.1, 0.15) is 11.3 Å². The molecule has 0 saturated heterocycles. The van der Waals surface area contributed by atoms with Gasteiger partial charge in [0.2, 0.25) is 11.8 Å². The first-order valence-electron chi connectivity index (χ1n) is 6.85. The number of benzene rings is 1. The Balaban J connectivity index is 1.56. The van der Waals surface area contributed by atoms with E-state index >= 15 is 0 Å². The number of hydrogen-bond donors (Lipinski definition) is 1. The van der Waals surface area contributed by atoms with Gasteiger partial charge in [0.1, 0.15) is 0 Å². The number of carbonyl (C=O) groups excluding carboxylic acids is 1. The normalized spacial score (nSPS) is 10.7. The molecule has 3 rings (SSSR count). The Hall–Kier alpha value is -2.19. The summed E-state index contributed by atoms with van der Waals surface area (Å²) in [4.78, 5) is 16.0. The van der Waals surface area contributed by atoms with Crippen LogP contribution in [0.15, 0.2) is 39.3 Å². The van der Waals surface area contributed by atoms with Crippen molar-refractivity contribution < 1.29 is 9.21 Å². The SMILES string of the molecule is Cc1ccc(-c2nnc(SCC(=O)Nc3nc(C)cs3)o2)cc1. The quantitative estimate of drug-likeness (QED) is 0.712. The van der Waals surface area contributed by atoms with Crippen molar-refractivity contribution in [2.24, 2.45) is 0 Å². The van der Waals surface area contributed by atoms with Gasteiger partial charge < -0.3 is 9.73 Å². The van der Waals surface area contributed by atoms with Crippen LogP contribution < -0.4 is 5.32 Å². The molecular formula is C15H14N4O2S2. The van der Waals surface area contributed by atoms with E-state index in [1.807, 2.05) is 43.5 Å². The van der Waals surface area contributed by atoms with Crippen LogP contribution in [0.25, 0.3) is 11.5 Å². The van der Waals surface area contributed by atoms with Crippen LogP contribution in [0.3, 0.4) is 0 Å². The molecule has 23 heavy (non-hydrogen) atoms. The van der Waals surface area contributed by atoms with Crippen LogP contribution in [0.2, 0.25) is 0 Å². The summed E-state index contributed by atoms with van der Waals surface area (Å²) in [5.74, 6) is 0.483. The molecule has 3 aromatic rings. The maximum Gasteiger partial charge on any atom is 0.277 e. The van der Waals surface area contributed by atoms with E-state index < -0.39 is 0 Å². The van der Waals surface area contributed by atoms with Crippen LogP contribution >= 0.6 is 23.1 Å². The van der Waals surface area contributed by atoms with Gasteiger partial charge in [-0.1, -0.05) is 29.5 Å². The molecule has 1 amide bonds. The molecule has 1 N–H and O–H groups in total. The lowest BCUT2D eigenvalue weighted by atomic mass is 10.1. The molecule has 8 heteroatoms. The molecule has 6 nitrogen and oxygen atoms in total. The van der Waals surface area contributed by atoms with Crippen LogP contribution in [0.5, 0.6) is 0 Å². The third-order valence-electron chi connectivity index (χ3n) is 2.90. The van der Waals surface area contributed by atoms with Crippen molar-refractivity contribution in [1.82, 2.24) is 15.2 Å². The molecule has 1 aromatic carbocycles. The monoisotopic (exact) mass is 346 g/mol. The van der Waals surface area contributed by atoms with Gasteiger partial charge in [0.15, 0.2) is 5.13 Å². The number of nitrogens with one attached hydrogen (secondary N) is 1. The van der Waals surface area contributed by atoms with Crippen LogP contribution in [0.4, 0.5) is 5.13 Å². The summed E-state index contributed by atoms with van der Waals surface area (Å²) in [5, 5.41) is 13.5. The van der Waals surface area contributed by atoms with Gasteiger partial charge >= 0.3 is 0 Å². The average Bonchev–Trinajstić information content (AvgIpc) is 3.15. The lowest BCUT2D eigenvalue weighted by Gasteiger charge is -1.99. The lowest BCUT2D eigenvalue weighted by molar-refractivity contribution is -0.113. The van der Waals surface area contributed by atoms with E-state index in [0.717, 1.165) is 16.8 Å². The second-order valence-electron chi connectivity index (χ2n) is 4.87. The number of hydrogen-bond acceptors (Lipinski definition) is 7. The fourth-order valence-electron chi connectivity index (χ4n) is 1.77. The predicted molar refractivity (Wildman–Crippen MR) is 90.7 cm³/mol. The number of rotatable bonds is 5. The van der Waals surface area contributed by atoms with Gasteiger partial charge in [-0.25, -0.2) is 4.98 Å². The predicted octanol–water partition coefficient (Wildman–Crippen LogP) is 3.54. The Morgan fingerprint density at radius 1 is 1.26 bits per heavy atom. The Morgan fingerprint density at radius 2 is 2.04 bits per heavy atom. The number of aryl methyl sites for hydroxylation is 2. The van der Waals surface area contributed by atoms with E-state index in [-0.39, 0.29) is 11.7 Å². The maximum atomic E-state index is 11.9. The minimum Gasteiger partial charge on any atom is -0.411 e. The van der Waals surface area contributed by atoms with Crippen LogP contribution in [0, 0.1) is 13.8 Å². The summed E-state index contributed by atoms with van der Waals surface area (Å²) in [6, 6.07) is 7.81. The Morgan fingerprint density at radius 3 is 2.74 bits per heavy atom. The molecule has 0 unspecified atom stereocenters. The highest BCUT2D eigenvalue weighted by Crippen LogP contribution is 2.23. The third-order valence-corrected chi connectivity index (χ3v) is 4.59. The van der Waals surface area contributed by atoms with Crippen LogP contribution in [-0.4, -0.2) is 26.8 Å². The zero-order chi connectivity index (χ0) is 16.2. The zero-order valence-corrected chi connectivity index (χ0v) is 14.2. The van der Waals surface area contributed by atoms with E-state index in [1.54, 1.807) is 0 Å². The highest BCUT2D eigenvalue weighted by Gasteiger charge is 2.12. The molecule has 2 heterocycles. The van der Waals surface area contributed by atoms with Crippen LogP contribution in [-0.2, 0) is 4.79 Å². The number of amides is 1. The van der Waals surface area contributed by atoms with Crippen molar-refractivity contribution in [3.05, 3.63) is 40.9 Å². The van der Waals surface area contributed by atoms with E-state index in [0.29, 0.717) is 16.2 Å².